The van der Waals surface area contributed by atoms with Crippen LogP contribution in [0.4, 0.5) is 0 Å². The van der Waals surface area contributed by atoms with E-state index in [1.165, 1.54) is 25.7 Å². The molecule has 1 saturated carbocycles. The zero-order valence-corrected chi connectivity index (χ0v) is 10.7. The molecule has 0 heterocycles. The Morgan fingerprint density at radius 2 is 2.24 bits per heavy atom. The van der Waals surface area contributed by atoms with Crippen LogP contribution in [0.15, 0.2) is 23.2 Å². The van der Waals surface area contributed by atoms with Crippen LogP contribution in [0.2, 0.25) is 0 Å². The predicted molar refractivity (Wildman–Crippen MR) is 71.9 cm³/mol. The number of aromatic hydroxyl groups is 1. The number of aryl methyl sites for hydroxylation is 1. The van der Waals surface area contributed by atoms with Gasteiger partial charge in [-0.3, -0.25) is 4.99 Å². The summed E-state index contributed by atoms with van der Waals surface area (Å²) in [6.45, 7) is 4.17. The molecular formula is C15H21NO. The minimum Gasteiger partial charge on any atom is -0.507 e. The molecule has 2 unspecified atom stereocenters. The topological polar surface area (TPSA) is 32.6 Å². The van der Waals surface area contributed by atoms with E-state index >= 15 is 0 Å². The highest BCUT2D eigenvalue weighted by atomic mass is 16.3. The average Bonchev–Trinajstić information content (AvgIpc) is 2.79. The van der Waals surface area contributed by atoms with E-state index in [2.05, 4.69) is 11.9 Å². The van der Waals surface area contributed by atoms with Crippen LogP contribution in [0.25, 0.3) is 0 Å². The Hall–Kier alpha value is -1.31. The minimum atomic E-state index is 0.362. The number of nitrogens with zero attached hydrogens (tertiary/aromatic N) is 1. The van der Waals surface area contributed by atoms with Crippen molar-refractivity contribution >= 4 is 6.21 Å². The first-order valence-electron chi connectivity index (χ1n) is 6.52. The third kappa shape index (κ3) is 2.87. The van der Waals surface area contributed by atoms with Crippen LogP contribution in [0, 0.1) is 12.8 Å². The maximum atomic E-state index is 9.88. The second kappa shape index (κ2) is 5.35. The monoisotopic (exact) mass is 231 g/mol. The minimum absolute atomic E-state index is 0.362. The Bertz CT molecular complexity index is 411. The lowest BCUT2D eigenvalue weighted by Crippen LogP contribution is -1.99. The lowest BCUT2D eigenvalue weighted by molar-refractivity contribution is 0.470. The quantitative estimate of drug-likeness (QED) is 0.790. The molecule has 2 atom stereocenters. The van der Waals surface area contributed by atoms with E-state index in [-0.39, 0.29) is 0 Å². The third-order valence-corrected chi connectivity index (χ3v) is 3.78. The lowest BCUT2D eigenvalue weighted by Gasteiger charge is -2.05. The van der Waals surface area contributed by atoms with Gasteiger partial charge in [-0.15, -0.1) is 0 Å². The summed E-state index contributed by atoms with van der Waals surface area (Å²) in [7, 11) is 0. The number of hydrogen-bond acceptors (Lipinski definition) is 2. The standard InChI is InChI=1S/C15H21NO/c1-3-12-7-8-14(9-12)16-10-13-6-4-5-11(2)15(13)17/h4-6,10,12,14,17H,3,7-9H2,1-2H3. The first-order chi connectivity index (χ1) is 8.20. The van der Waals surface area contributed by atoms with Gasteiger partial charge in [-0.25, -0.2) is 0 Å². The second-order valence-electron chi connectivity index (χ2n) is 5.03. The van der Waals surface area contributed by atoms with Gasteiger partial charge in [0.2, 0.25) is 0 Å². The zero-order chi connectivity index (χ0) is 12.3. The number of hydrogen-bond donors (Lipinski definition) is 1. The lowest BCUT2D eigenvalue weighted by atomic mass is 10.1. The van der Waals surface area contributed by atoms with Crippen LogP contribution in [0.1, 0.15) is 43.7 Å². The van der Waals surface area contributed by atoms with Gasteiger partial charge in [0.05, 0.1) is 6.04 Å². The summed E-state index contributed by atoms with van der Waals surface area (Å²) in [5.74, 6) is 1.21. The maximum Gasteiger partial charge on any atom is 0.127 e. The van der Waals surface area contributed by atoms with Gasteiger partial charge in [-0.05, 0) is 43.7 Å². The summed E-state index contributed by atoms with van der Waals surface area (Å²) in [4.78, 5) is 4.61. The van der Waals surface area contributed by atoms with Crippen molar-refractivity contribution in [3.8, 4) is 5.75 Å². The summed E-state index contributed by atoms with van der Waals surface area (Å²) in [6.07, 6.45) is 6.81. The van der Waals surface area contributed by atoms with E-state index in [4.69, 9.17) is 0 Å². The van der Waals surface area contributed by atoms with E-state index in [1.807, 2.05) is 31.3 Å². The third-order valence-electron chi connectivity index (χ3n) is 3.78. The SMILES string of the molecule is CCC1CCC(N=Cc2cccc(C)c2O)C1. The molecule has 1 aliphatic rings. The molecule has 1 N–H and O–H groups in total. The smallest absolute Gasteiger partial charge is 0.127 e. The van der Waals surface area contributed by atoms with Crippen molar-refractivity contribution in [1.29, 1.82) is 0 Å². The zero-order valence-electron chi connectivity index (χ0n) is 10.7. The largest absolute Gasteiger partial charge is 0.507 e. The molecule has 0 bridgehead atoms. The average molecular weight is 231 g/mol. The Morgan fingerprint density at radius 3 is 2.94 bits per heavy atom. The molecule has 1 aliphatic carbocycles. The fourth-order valence-electron chi connectivity index (χ4n) is 2.53. The van der Waals surface area contributed by atoms with Crippen molar-refractivity contribution in [2.75, 3.05) is 0 Å². The summed E-state index contributed by atoms with van der Waals surface area (Å²) >= 11 is 0. The molecule has 0 aromatic heterocycles. The van der Waals surface area contributed by atoms with Crippen LogP contribution in [-0.4, -0.2) is 17.4 Å². The van der Waals surface area contributed by atoms with Gasteiger partial charge in [0.25, 0.3) is 0 Å². The van der Waals surface area contributed by atoms with Crippen molar-refractivity contribution < 1.29 is 5.11 Å². The molecule has 0 radical (unpaired) electrons. The number of phenolic OH excluding ortho intramolecular Hbond substituents is 1. The highest BCUT2D eigenvalue weighted by Gasteiger charge is 2.22. The van der Waals surface area contributed by atoms with E-state index < -0.39 is 0 Å². The van der Waals surface area contributed by atoms with Crippen LogP contribution >= 0.6 is 0 Å². The van der Waals surface area contributed by atoms with E-state index in [0.29, 0.717) is 11.8 Å². The summed E-state index contributed by atoms with van der Waals surface area (Å²) in [6, 6.07) is 6.24. The molecule has 2 rings (SSSR count). The Labute approximate surface area is 103 Å². The number of rotatable bonds is 3. The van der Waals surface area contributed by atoms with Crippen molar-refractivity contribution in [3.63, 3.8) is 0 Å². The fraction of sp³-hybridized carbons (Fsp3) is 0.533. The molecule has 0 aliphatic heterocycles. The number of phenols is 1. The van der Waals surface area contributed by atoms with Crippen molar-refractivity contribution in [3.05, 3.63) is 29.3 Å². The van der Waals surface area contributed by atoms with Crippen LogP contribution < -0.4 is 0 Å². The Kier molecular flexibility index (Phi) is 3.82. The second-order valence-corrected chi connectivity index (χ2v) is 5.03. The van der Waals surface area contributed by atoms with Gasteiger partial charge in [0, 0.05) is 11.8 Å². The summed E-state index contributed by atoms with van der Waals surface area (Å²) < 4.78 is 0. The van der Waals surface area contributed by atoms with Crippen molar-refractivity contribution in [2.24, 2.45) is 10.9 Å². The molecule has 17 heavy (non-hydrogen) atoms. The van der Waals surface area contributed by atoms with E-state index in [9.17, 15) is 5.11 Å². The van der Waals surface area contributed by atoms with Gasteiger partial charge in [-0.2, -0.15) is 0 Å². The Morgan fingerprint density at radius 1 is 1.41 bits per heavy atom. The van der Waals surface area contributed by atoms with E-state index in [1.54, 1.807) is 0 Å². The first-order valence-corrected chi connectivity index (χ1v) is 6.52. The molecule has 0 spiro atoms. The van der Waals surface area contributed by atoms with Gasteiger partial charge >= 0.3 is 0 Å². The molecule has 2 heteroatoms. The molecule has 1 fully saturated rings. The highest BCUT2D eigenvalue weighted by molar-refractivity contribution is 5.84. The van der Waals surface area contributed by atoms with Gasteiger partial charge < -0.3 is 5.11 Å². The number of aliphatic imine (C=N–C) groups is 1. The van der Waals surface area contributed by atoms with Gasteiger partial charge in [0.15, 0.2) is 0 Å². The normalized spacial score (nSPS) is 24.6. The van der Waals surface area contributed by atoms with E-state index in [0.717, 1.165) is 17.0 Å². The van der Waals surface area contributed by atoms with Crippen molar-refractivity contribution in [2.45, 2.75) is 45.6 Å². The van der Waals surface area contributed by atoms with Crippen LogP contribution in [-0.2, 0) is 0 Å². The molecule has 0 saturated heterocycles. The predicted octanol–water partition coefficient (Wildman–Crippen LogP) is 3.70. The van der Waals surface area contributed by atoms with Gasteiger partial charge in [-0.1, -0.05) is 25.5 Å². The molecular weight excluding hydrogens is 210 g/mol. The molecule has 1 aromatic carbocycles. The van der Waals surface area contributed by atoms with Crippen LogP contribution in [0.5, 0.6) is 5.75 Å². The summed E-state index contributed by atoms with van der Waals surface area (Å²) in [5, 5.41) is 9.88. The number of para-hydroxylation sites is 1. The maximum absolute atomic E-state index is 9.88. The molecule has 2 nitrogen and oxygen atoms in total. The Balaban J connectivity index is 2.03. The fourth-order valence-corrected chi connectivity index (χ4v) is 2.53. The first kappa shape index (κ1) is 12.2. The highest BCUT2D eigenvalue weighted by Crippen LogP contribution is 2.30. The molecule has 1 aromatic rings. The van der Waals surface area contributed by atoms with Gasteiger partial charge in [0.1, 0.15) is 5.75 Å². The molecule has 0 amide bonds. The van der Waals surface area contributed by atoms with Crippen LogP contribution in [0.3, 0.4) is 0 Å². The number of benzene rings is 1. The summed E-state index contributed by atoms with van der Waals surface area (Å²) in [5.41, 5.74) is 1.75. The van der Waals surface area contributed by atoms with Crippen molar-refractivity contribution in [1.82, 2.24) is 0 Å². The molecule has 92 valence electrons.